The lowest BCUT2D eigenvalue weighted by atomic mass is 10.1. The molecule has 0 aliphatic rings. The SMILES string of the molecule is FC(F)(F)c1ccccc1N=Cc1cccc(C=Nc2ccccc2C(F)(F)F)c1. The summed E-state index contributed by atoms with van der Waals surface area (Å²) in [6.07, 6.45) is -6.56. The molecule has 154 valence electrons. The number of nitrogens with zero attached hydrogens (tertiary/aromatic N) is 2. The first kappa shape index (κ1) is 21.3. The highest BCUT2D eigenvalue weighted by Crippen LogP contribution is 2.36. The summed E-state index contributed by atoms with van der Waals surface area (Å²) >= 11 is 0. The average Bonchev–Trinajstić information content (AvgIpc) is 2.70. The molecule has 0 spiro atoms. The number of alkyl halides is 6. The molecule has 0 heterocycles. The summed E-state index contributed by atoms with van der Waals surface area (Å²) in [5.74, 6) is 0. The Labute approximate surface area is 168 Å². The molecule has 0 radical (unpaired) electrons. The van der Waals surface area contributed by atoms with Gasteiger partial charge in [-0.2, -0.15) is 26.3 Å². The number of hydrogen-bond acceptors (Lipinski definition) is 2. The molecule has 0 amide bonds. The number of benzene rings is 3. The van der Waals surface area contributed by atoms with Crippen LogP contribution in [0.5, 0.6) is 0 Å². The first-order chi connectivity index (χ1) is 14.1. The van der Waals surface area contributed by atoms with Gasteiger partial charge in [0.15, 0.2) is 0 Å². The smallest absolute Gasteiger partial charge is 0.256 e. The fraction of sp³-hybridized carbons (Fsp3) is 0.0909. The second-order valence-corrected chi connectivity index (χ2v) is 6.22. The predicted octanol–water partition coefficient (Wildman–Crippen LogP) is 7.23. The van der Waals surface area contributed by atoms with Crippen LogP contribution in [0.3, 0.4) is 0 Å². The third-order valence-corrected chi connectivity index (χ3v) is 4.03. The molecule has 0 aliphatic carbocycles. The fourth-order valence-corrected chi connectivity index (χ4v) is 2.66. The highest BCUT2D eigenvalue weighted by atomic mass is 19.4. The van der Waals surface area contributed by atoms with Crippen molar-refractivity contribution in [3.8, 4) is 0 Å². The molecule has 3 aromatic rings. The van der Waals surface area contributed by atoms with Gasteiger partial charge in [-0.15, -0.1) is 0 Å². The molecule has 3 aromatic carbocycles. The number of aliphatic imine (C=N–C) groups is 2. The third kappa shape index (κ3) is 5.34. The van der Waals surface area contributed by atoms with Gasteiger partial charge in [0.25, 0.3) is 0 Å². The van der Waals surface area contributed by atoms with Crippen LogP contribution in [0, 0.1) is 0 Å². The van der Waals surface area contributed by atoms with E-state index in [-0.39, 0.29) is 11.4 Å². The van der Waals surface area contributed by atoms with Gasteiger partial charge in [0, 0.05) is 12.4 Å². The Kier molecular flexibility index (Phi) is 6.05. The molecule has 0 atom stereocenters. The first-order valence-electron chi connectivity index (χ1n) is 8.65. The fourth-order valence-electron chi connectivity index (χ4n) is 2.66. The Balaban J connectivity index is 1.85. The molecule has 2 nitrogen and oxygen atoms in total. The summed E-state index contributed by atoms with van der Waals surface area (Å²) in [7, 11) is 0. The highest BCUT2D eigenvalue weighted by molar-refractivity contribution is 5.88. The molecule has 0 aromatic heterocycles. The molecule has 0 saturated carbocycles. The number of halogens is 6. The Morgan fingerprint density at radius 3 is 1.33 bits per heavy atom. The van der Waals surface area contributed by atoms with E-state index in [0.717, 1.165) is 12.1 Å². The van der Waals surface area contributed by atoms with Crippen LogP contribution in [-0.2, 0) is 12.4 Å². The van der Waals surface area contributed by atoms with Crippen molar-refractivity contribution in [2.45, 2.75) is 12.4 Å². The van der Waals surface area contributed by atoms with Crippen molar-refractivity contribution >= 4 is 23.8 Å². The number of para-hydroxylation sites is 2. The van der Waals surface area contributed by atoms with Crippen molar-refractivity contribution in [2.24, 2.45) is 9.98 Å². The van der Waals surface area contributed by atoms with E-state index >= 15 is 0 Å². The van der Waals surface area contributed by atoms with Crippen LogP contribution >= 0.6 is 0 Å². The zero-order valence-electron chi connectivity index (χ0n) is 15.2. The standard InChI is InChI=1S/C22H14F6N2/c23-21(24,25)17-8-1-3-10-19(17)29-13-15-6-5-7-16(12-15)14-30-20-11-4-2-9-18(20)22(26,27)28/h1-14H. The molecule has 0 N–H and O–H groups in total. The lowest BCUT2D eigenvalue weighted by Crippen LogP contribution is -2.04. The topological polar surface area (TPSA) is 24.7 Å². The lowest BCUT2D eigenvalue weighted by molar-refractivity contribution is -0.137. The largest absolute Gasteiger partial charge is 0.418 e. The normalized spacial score (nSPS) is 12.7. The van der Waals surface area contributed by atoms with Gasteiger partial charge < -0.3 is 0 Å². The molecule has 0 aliphatic heterocycles. The van der Waals surface area contributed by atoms with Crippen molar-refractivity contribution in [3.63, 3.8) is 0 Å². The van der Waals surface area contributed by atoms with E-state index in [4.69, 9.17) is 0 Å². The minimum absolute atomic E-state index is 0.233. The number of hydrogen-bond donors (Lipinski definition) is 0. The molecular weight excluding hydrogens is 406 g/mol. The van der Waals surface area contributed by atoms with Crippen molar-refractivity contribution in [3.05, 3.63) is 95.1 Å². The molecule has 0 unspecified atom stereocenters. The van der Waals surface area contributed by atoms with E-state index in [1.165, 1.54) is 48.8 Å². The van der Waals surface area contributed by atoms with Crippen LogP contribution in [0.25, 0.3) is 0 Å². The third-order valence-electron chi connectivity index (χ3n) is 4.03. The van der Waals surface area contributed by atoms with Crippen LogP contribution < -0.4 is 0 Å². The second-order valence-electron chi connectivity index (χ2n) is 6.22. The molecule has 30 heavy (non-hydrogen) atoms. The molecular formula is C22H14F6N2. The van der Waals surface area contributed by atoms with Crippen LogP contribution in [-0.4, -0.2) is 12.4 Å². The van der Waals surface area contributed by atoms with Crippen molar-refractivity contribution in [1.82, 2.24) is 0 Å². The van der Waals surface area contributed by atoms with Gasteiger partial charge in [-0.25, -0.2) is 0 Å². The van der Waals surface area contributed by atoms with Gasteiger partial charge in [-0.05, 0) is 41.5 Å². The minimum atomic E-state index is -4.53. The Hall–Kier alpha value is -3.42. The Morgan fingerprint density at radius 2 is 0.933 bits per heavy atom. The van der Waals surface area contributed by atoms with Gasteiger partial charge in [-0.1, -0.05) is 42.5 Å². The van der Waals surface area contributed by atoms with Crippen LogP contribution in [0.4, 0.5) is 37.7 Å². The number of rotatable bonds is 4. The maximum atomic E-state index is 13.0. The maximum absolute atomic E-state index is 13.0. The highest BCUT2D eigenvalue weighted by Gasteiger charge is 2.33. The van der Waals surface area contributed by atoms with Crippen LogP contribution in [0.1, 0.15) is 22.3 Å². The average molecular weight is 420 g/mol. The molecule has 0 saturated heterocycles. The monoisotopic (exact) mass is 420 g/mol. The molecule has 3 rings (SSSR count). The summed E-state index contributed by atoms with van der Waals surface area (Å²) in [4.78, 5) is 7.82. The van der Waals surface area contributed by atoms with Gasteiger partial charge in [-0.3, -0.25) is 9.98 Å². The lowest BCUT2D eigenvalue weighted by Gasteiger charge is -2.09. The quantitative estimate of drug-likeness (QED) is 0.314. The van der Waals surface area contributed by atoms with Crippen molar-refractivity contribution < 1.29 is 26.3 Å². The van der Waals surface area contributed by atoms with Gasteiger partial charge in [0.2, 0.25) is 0 Å². The van der Waals surface area contributed by atoms with E-state index < -0.39 is 23.5 Å². The second kappa shape index (κ2) is 8.52. The minimum Gasteiger partial charge on any atom is -0.256 e. The summed E-state index contributed by atoms with van der Waals surface area (Å²) < 4.78 is 78.3. The van der Waals surface area contributed by atoms with E-state index in [9.17, 15) is 26.3 Å². The maximum Gasteiger partial charge on any atom is 0.418 e. The van der Waals surface area contributed by atoms with E-state index in [0.29, 0.717) is 11.1 Å². The predicted molar refractivity (Wildman–Crippen MR) is 104 cm³/mol. The van der Waals surface area contributed by atoms with Gasteiger partial charge in [0.1, 0.15) is 0 Å². The van der Waals surface area contributed by atoms with Crippen molar-refractivity contribution in [2.75, 3.05) is 0 Å². The summed E-state index contributed by atoms with van der Waals surface area (Å²) in [5, 5.41) is 0. The van der Waals surface area contributed by atoms with Crippen molar-refractivity contribution in [1.29, 1.82) is 0 Å². The zero-order valence-corrected chi connectivity index (χ0v) is 15.2. The first-order valence-corrected chi connectivity index (χ1v) is 8.65. The van der Waals surface area contributed by atoms with E-state index in [1.807, 2.05) is 0 Å². The van der Waals surface area contributed by atoms with Crippen LogP contribution in [0.15, 0.2) is 82.8 Å². The van der Waals surface area contributed by atoms with E-state index in [1.54, 1.807) is 24.3 Å². The van der Waals surface area contributed by atoms with E-state index in [2.05, 4.69) is 9.98 Å². The molecule has 8 heteroatoms. The van der Waals surface area contributed by atoms with Gasteiger partial charge in [0.05, 0.1) is 22.5 Å². The Morgan fingerprint density at radius 1 is 0.533 bits per heavy atom. The van der Waals surface area contributed by atoms with Crippen LogP contribution in [0.2, 0.25) is 0 Å². The van der Waals surface area contributed by atoms with Gasteiger partial charge >= 0.3 is 12.4 Å². The zero-order chi connectivity index (χ0) is 21.8. The summed E-state index contributed by atoms with van der Waals surface area (Å²) in [5.41, 5.74) is -1.24. The Bertz CT molecular complexity index is 998. The molecule has 0 bridgehead atoms. The summed E-state index contributed by atoms with van der Waals surface area (Å²) in [6, 6.07) is 16.2. The molecule has 0 fully saturated rings. The summed E-state index contributed by atoms with van der Waals surface area (Å²) in [6.45, 7) is 0.